The van der Waals surface area contributed by atoms with Crippen molar-refractivity contribution in [3.05, 3.63) is 12.7 Å². The van der Waals surface area contributed by atoms with Gasteiger partial charge in [-0.15, -0.1) is 0 Å². The van der Waals surface area contributed by atoms with Gasteiger partial charge in [0.25, 0.3) is 0 Å². The van der Waals surface area contributed by atoms with Gasteiger partial charge in [-0.25, -0.2) is 19.3 Å². The molecule has 0 bridgehead atoms. The smallest absolute Gasteiger partial charge is 0.222 e. The number of aromatic nitrogens is 4. The molecule has 118 valence electrons. The van der Waals surface area contributed by atoms with E-state index in [1.807, 2.05) is 0 Å². The second-order valence-corrected chi connectivity index (χ2v) is 4.91. The van der Waals surface area contributed by atoms with Crippen LogP contribution in [0.25, 0.3) is 11.2 Å². The normalized spacial score (nSPS) is 28.2. The summed E-state index contributed by atoms with van der Waals surface area (Å²) in [7, 11) is 0. The number of ether oxygens (including phenoxy) is 1. The summed E-state index contributed by atoms with van der Waals surface area (Å²) in [5.41, 5.74) is 0.521. The minimum absolute atomic E-state index is 0.198. The number of hydrogen-bond acceptors (Lipinski definition) is 7. The number of nitrogens with one attached hydrogen (secondary N) is 1. The van der Waals surface area contributed by atoms with Crippen LogP contribution in [-0.4, -0.2) is 60.6 Å². The van der Waals surface area contributed by atoms with Gasteiger partial charge in [-0.05, 0) is 0 Å². The monoisotopic (exact) mass is 311 g/mol. The summed E-state index contributed by atoms with van der Waals surface area (Å²) in [6.45, 7) is 0.821. The van der Waals surface area contributed by atoms with Crippen LogP contribution in [0.1, 0.15) is 13.2 Å². The molecule has 4 atom stereocenters. The molecule has 0 radical (unpaired) electrons. The van der Waals surface area contributed by atoms with E-state index >= 15 is 0 Å². The van der Waals surface area contributed by atoms with Gasteiger partial charge < -0.3 is 20.3 Å². The van der Waals surface area contributed by atoms with Crippen molar-refractivity contribution in [2.45, 2.75) is 31.5 Å². The van der Waals surface area contributed by atoms with Crippen LogP contribution in [0.4, 0.5) is 10.2 Å². The summed E-state index contributed by atoms with van der Waals surface area (Å²) in [4.78, 5) is 23.1. The van der Waals surface area contributed by atoms with E-state index in [-0.39, 0.29) is 22.9 Å². The summed E-state index contributed by atoms with van der Waals surface area (Å²) in [6, 6.07) is 0. The maximum atomic E-state index is 14.2. The quantitative estimate of drug-likeness (QED) is 0.690. The van der Waals surface area contributed by atoms with Crippen molar-refractivity contribution in [1.29, 1.82) is 0 Å². The Balaban J connectivity index is 2.01. The number of nitrogens with zero attached hydrogens (tertiary/aromatic N) is 4. The number of halogens is 1. The largest absolute Gasteiger partial charge is 0.394 e. The van der Waals surface area contributed by atoms with Crippen LogP contribution in [0.2, 0.25) is 0 Å². The Bertz CT molecular complexity index is 708. The third kappa shape index (κ3) is 2.30. The van der Waals surface area contributed by atoms with Gasteiger partial charge >= 0.3 is 0 Å². The first kappa shape index (κ1) is 14.8. The molecule has 1 aliphatic heterocycles. The first-order chi connectivity index (χ1) is 10.5. The van der Waals surface area contributed by atoms with E-state index in [2.05, 4.69) is 20.3 Å². The Morgan fingerprint density at radius 2 is 2.27 bits per heavy atom. The van der Waals surface area contributed by atoms with E-state index in [1.165, 1.54) is 24.1 Å². The summed E-state index contributed by atoms with van der Waals surface area (Å²) < 4.78 is 20.8. The second kappa shape index (κ2) is 5.55. The predicted molar refractivity (Wildman–Crippen MR) is 71.5 cm³/mol. The van der Waals surface area contributed by atoms with Crippen LogP contribution in [0.5, 0.6) is 0 Å². The standard InChI is InChI=1S/C12H14FN5O4/c1-5(20)17-10-8-11(15-3-14-10)18(4-16-8)12-7(13)9(21)6(2-19)22-12/h3-4,6-7,9,12,19,21H,2H2,1H3,(H,14,15,17,20)/t6-,7-,9-,12-/m1/s1. The van der Waals surface area contributed by atoms with Gasteiger partial charge in [0, 0.05) is 6.92 Å². The highest BCUT2D eigenvalue weighted by molar-refractivity contribution is 5.95. The van der Waals surface area contributed by atoms with Crippen molar-refractivity contribution < 1.29 is 24.1 Å². The number of aliphatic hydroxyl groups excluding tert-OH is 2. The molecular weight excluding hydrogens is 297 g/mol. The Kier molecular flexibility index (Phi) is 3.72. The topological polar surface area (TPSA) is 122 Å². The molecule has 9 nitrogen and oxygen atoms in total. The van der Waals surface area contributed by atoms with Crippen LogP contribution < -0.4 is 5.32 Å². The van der Waals surface area contributed by atoms with Crippen molar-refractivity contribution in [2.75, 3.05) is 11.9 Å². The lowest BCUT2D eigenvalue weighted by molar-refractivity contribution is -0.114. The SMILES string of the molecule is CC(=O)Nc1ncnc2c1ncn2[C@@H]1O[C@H](CO)[C@@H](O)[C@H]1F. The van der Waals surface area contributed by atoms with Crippen molar-refractivity contribution in [3.8, 4) is 0 Å². The van der Waals surface area contributed by atoms with Gasteiger partial charge in [-0.1, -0.05) is 0 Å². The number of alkyl halides is 1. The molecule has 3 N–H and O–H groups in total. The Hall–Kier alpha value is -2.17. The molecule has 1 saturated heterocycles. The zero-order chi connectivity index (χ0) is 15.9. The van der Waals surface area contributed by atoms with E-state index in [9.17, 15) is 14.3 Å². The Labute approximate surface area is 123 Å². The maximum Gasteiger partial charge on any atom is 0.222 e. The number of aliphatic hydroxyl groups is 2. The number of amides is 1. The number of rotatable bonds is 3. The van der Waals surface area contributed by atoms with Gasteiger partial charge in [0.05, 0.1) is 12.9 Å². The van der Waals surface area contributed by atoms with Crippen LogP contribution >= 0.6 is 0 Å². The number of carbonyl (C=O) groups is 1. The van der Waals surface area contributed by atoms with Crippen molar-refractivity contribution in [2.24, 2.45) is 0 Å². The van der Waals surface area contributed by atoms with Crippen molar-refractivity contribution in [3.63, 3.8) is 0 Å². The number of anilines is 1. The molecule has 0 unspecified atom stereocenters. The molecule has 22 heavy (non-hydrogen) atoms. The zero-order valence-corrected chi connectivity index (χ0v) is 11.5. The summed E-state index contributed by atoms with van der Waals surface area (Å²) in [6.07, 6.45) is -2.88. The number of hydrogen-bond donors (Lipinski definition) is 3. The van der Waals surface area contributed by atoms with E-state index in [1.54, 1.807) is 0 Å². The van der Waals surface area contributed by atoms with E-state index in [0.29, 0.717) is 0 Å². The summed E-state index contributed by atoms with van der Waals surface area (Å²) >= 11 is 0. The Morgan fingerprint density at radius 1 is 1.50 bits per heavy atom. The summed E-state index contributed by atoms with van der Waals surface area (Å²) in [5, 5.41) is 21.3. The van der Waals surface area contributed by atoms with Crippen molar-refractivity contribution >= 4 is 22.9 Å². The fourth-order valence-corrected chi connectivity index (χ4v) is 2.37. The summed E-state index contributed by atoms with van der Waals surface area (Å²) in [5.74, 6) is -0.130. The second-order valence-electron chi connectivity index (χ2n) is 4.91. The maximum absolute atomic E-state index is 14.2. The van der Waals surface area contributed by atoms with Gasteiger partial charge in [0.2, 0.25) is 5.91 Å². The third-order valence-electron chi connectivity index (χ3n) is 3.40. The minimum Gasteiger partial charge on any atom is -0.394 e. The van der Waals surface area contributed by atoms with E-state index in [4.69, 9.17) is 9.84 Å². The first-order valence-electron chi connectivity index (χ1n) is 6.56. The number of imidazole rings is 1. The average Bonchev–Trinajstić information content (AvgIpc) is 3.02. The van der Waals surface area contributed by atoms with Crippen LogP contribution in [0, 0.1) is 0 Å². The highest BCUT2D eigenvalue weighted by atomic mass is 19.1. The van der Waals surface area contributed by atoms with Gasteiger partial charge in [0.1, 0.15) is 18.5 Å². The fraction of sp³-hybridized carbons (Fsp3) is 0.500. The average molecular weight is 311 g/mol. The fourth-order valence-electron chi connectivity index (χ4n) is 2.37. The van der Waals surface area contributed by atoms with Crippen molar-refractivity contribution in [1.82, 2.24) is 19.5 Å². The predicted octanol–water partition coefficient (Wildman–Crippen LogP) is -0.627. The molecule has 0 spiro atoms. The van der Waals surface area contributed by atoms with Crippen LogP contribution in [0.15, 0.2) is 12.7 Å². The number of fused-ring (bicyclic) bond motifs is 1. The molecular formula is C12H14FN5O4. The molecule has 1 amide bonds. The lowest BCUT2D eigenvalue weighted by Gasteiger charge is -2.15. The number of carbonyl (C=O) groups excluding carboxylic acids is 1. The minimum atomic E-state index is -1.74. The molecule has 2 aromatic heterocycles. The molecule has 0 saturated carbocycles. The highest BCUT2D eigenvalue weighted by Gasteiger charge is 2.45. The highest BCUT2D eigenvalue weighted by Crippen LogP contribution is 2.33. The van der Waals surface area contributed by atoms with Crippen LogP contribution in [0.3, 0.4) is 0 Å². The zero-order valence-electron chi connectivity index (χ0n) is 11.5. The Morgan fingerprint density at radius 3 is 2.91 bits per heavy atom. The molecule has 3 rings (SSSR count). The van der Waals surface area contributed by atoms with E-state index in [0.717, 1.165) is 0 Å². The molecule has 3 heterocycles. The van der Waals surface area contributed by atoms with Crippen LogP contribution in [-0.2, 0) is 9.53 Å². The van der Waals surface area contributed by atoms with Gasteiger partial charge in [-0.2, -0.15) is 0 Å². The molecule has 0 aromatic carbocycles. The van der Waals surface area contributed by atoms with E-state index < -0.39 is 31.2 Å². The van der Waals surface area contributed by atoms with Gasteiger partial charge in [-0.3, -0.25) is 9.36 Å². The molecule has 2 aromatic rings. The van der Waals surface area contributed by atoms with Gasteiger partial charge in [0.15, 0.2) is 29.4 Å². The molecule has 1 fully saturated rings. The first-order valence-corrected chi connectivity index (χ1v) is 6.56. The third-order valence-corrected chi connectivity index (χ3v) is 3.40. The lowest BCUT2D eigenvalue weighted by atomic mass is 10.1. The molecule has 10 heteroatoms. The lowest BCUT2D eigenvalue weighted by Crippen LogP contribution is -2.30. The molecule has 1 aliphatic rings. The molecule has 0 aliphatic carbocycles.